The van der Waals surface area contributed by atoms with Gasteiger partial charge in [-0.05, 0) is 48.4 Å². The van der Waals surface area contributed by atoms with Crippen molar-refractivity contribution in [2.45, 2.75) is 19.5 Å². The molecule has 0 radical (unpaired) electrons. The van der Waals surface area contributed by atoms with E-state index in [9.17, 15) is 9.59 Å². The highest BCUT2D eigenvalue weighted by Gasteiger charge is 2.18. The molecule has 3 rings (SSSR count). The van der Waals surface area contributed by atoms with Crippen LogP contribution in [0.15, 0.2) is 65.5 Å². The lowest BCUT2D eigenvalue weighted by Crippen LogP contribution is -2.36. The lowest BCUT2D eigenvalue weighted by molar-refractivity contribution is -0.122. The van der Waals surface area contributed by atoms with E-state index in [-0.39, 0.29) is 18.0 Å². The van der Waals surface area contributed by atoms with Crippen LogP contribution in [-0.4, -0.2) is 15.7 Å². The molecule has 0 aliphatic carbocycles. The van der Waals surface area contributed by atoms with Gasteiger partial charge in [0.1, 0.15) is 6.54 Å². The molecule has 138 valence electrons. The Balaban J connectivity index is 1.87. The fourth-order valence-electron chi connectivity index (χ4n) is 2.68. The van der Waals surface area contributed by atoms with Gasteiger partial charge in [0.05, 0.1) is 11.7 Å². The van der Waals surface area contributed by atoms with Crippen LogP contribution in [-0.2, 0) is 11.3 Å². The number of aromatic nitrogens is 2. The average molecular weight is 402 g/mol. The third-order valence-electron chi connectivity index (χ3n) is 4.01. The first kappa shape index (κ1) is 19.1. The van der Waals surface area contributed by atoms with Crippen molar-refractivity contribution in [3.8, 4) is 0 Å². The van der Waals surface area contributed by atoms with Crippen molar-refractivity contribution in [1.29, 1.82) is 0 Å². The molecule has 1 amide bonds. The van der Waals surface area contributed by atoms with Gasteiger partial charge in [-0.3, -0.25) is 9.59 Å². The van der Waals surface area contributed by atoms with Gasteiger partial charge >= 0.3 is 0 Å². The third kappa shape index (κ3) is 4.96. The maximum Gasteiger partial charge on any atom is 0.267 e. The summed E-state index contributed by atoms with van der Waals surface area (Å²) in [4.78, 5) is 24.5. The number of carbonyl (C=O) groups excluding carboxylic acids is 1. The Morgan fingerprint density at radius 2 is 1.48 bits per heavy atom. The zero-order valence-electron chi connectivity index (χ0n) is 14.5. The number of nitrogens with zero attached hydrogens (tertiary/aromatic N) is 2. The highest BCUT2D eigenvalue weighted by molar-refractivity contribution is 6.30. The minimum atomic E-state index is -0.410. The second kappa shape index (κ2) is 8.37. The predicted octanol–water partition coefficient (Wildman–Crippen LogP) is 3.76. The molecule has 1 aromatic heterocycles. The van der Waals surface area contributed by atoms with Crippen molar-refractivity contribution in [2.75, 3.05) is 0 Å². The zero-order chi connectivity index (χ0) is 19.4. The zero-order valence-corrected chi connectivity index (χ0v) is 16.0. The Labute approximate surface area is 166 Å². The summed E-state index contributed by atoms with van der Waals surface area (Å²) in [7, 11) is 0. The van der Waals surface area contributed by atoms with Crippen molar-refractivity contribution in [3.63, 3.8) is 0 Å². The van der Waals surface area contributed by atoms with Gasteiger partial charge < -0.3 is 5.32 Å². The Hall–Kier alpha value is -2.63. The van der Waals surface area contributed by atoms with E-state index in [0.29, 0.717) is 15.7 Å². The number of benzene rings is 2. The molecule has 5 nitrogen and oxygen atoms in total. The summed E-state index contributed by atoms with van der Waals surface area (Å²) in [6.07, 6.45) is 0. The molecular weight excluding hydrogens is 385 g/mol. The number of amides is 1. The van der Waals surface area contributed by atoms with E-state index in [4.69, 9.17) is 23.2 Å². The molecule has 1 heterocycles. The van der Waals surface area contributed by atoms with Gasteiger partial charge in [0.2, 0.25) is 5.91 Å². The second-order valence-corrected chi connectivity index (χ2v) is 6.95. The van der Waals surface area contributed by atoms with E-state index in [0.717, 1.165) is 15.8 Å². The summed E-state index contributed by atoms with van der Waals surface area (Å²) in [5, 5.41) is 8.27. The summed E-state index contributed by atoms with van der Waals surface area (Å²) >= 11 is 12.0. The third-order valence-corrected chi connectivity index (χ3v) is 4.51. The summed E-state index contributed by atoms with van der Waals surface area (Å²) in [6, 6.07) is 17.0. The molecular formula is C20H17Cl2N3O2. The van der Waals surface area contributed by atoms with Crippen LogP contribution in [0.2, 0.25) is 10.0 Å². The minimum Gasteiger partial charge on any atom is -0.344 e. The smallest absolute Gasteiger partial charge is 0.267 e. The lowest BCUT2D eigenvalue weighted by Gasteiger charge is -2.20. The first-order valence-electron chi connectivity index (χ1n) is 8.27. The molecule has 7 heteroatoms. The molecule has 0 saturated carbocycles. The molecule has 2 aromatic carbocycles. The van der Waals surface area contributed by atoms with Gasteiger partial charge in [-0.2, -0.15) is 5.10 Å². The molecule has 0 spiro atoms. The quantitative estimate of drug-likeness (QED) is 0.707. The van der Waals surface area contributed by atoms with E-state index in [2.05, 4.69) is 10.4 Å². The lowest BCUT2D eigenvalue weighted by atomic mass is 9.98. The first-order valence-corrected chi connectivity index (χ1v) is 9.03. The van der Waals surface area contributed by atoms with Gasteiger partial charge in [0, 0.05) is 16.1 Å². The van der Waals surface area contributed by atoms with Crippen molar-refractivity contribution in [1.82, 2.24) is 15.1 Å². The number of hydrogen-bond donors (Lipinski definition) is 1. The van der Waals surface area contributed by atoms with Crippen LogP contribution in [0.1, 0.15) is 22.9 Å². The minimum absolute atomic E-state index is 0.168. The van der Waals surface area contributed by atoms with Crippen LogP contribution in [0, 0.1) is 6.92 Å². The molecule has 27 heavy (non-hydrogen) atoms. The van der Waals surface area contributed by atoms with Gasteiger partial charge in [0.15, 0.2) is 0 Å². The number of hydrogen-bond acceptors (Lipinski definition) is 3. The first-order chi connectivity index (χ1) is 12.9. The topological polar surface area (TPSA) is 64.0 Å². The Kier molecular flexibility index (Phi) is 5.94. The maximum atomic E-state index is 12.6. The van der Waals surface area contributed by atoms with Crippen LogP contribution in [0.5, 0.6) is 0 Å². The average Bonchev–Trinajstić information content (AvgIpc) is 2.64. The molecule has 3 aromatic rings. The van der Waals surface area contributed by atoms with Crippen LogP contribution in [0.3, 0.4) is 0 Å². The fraction of sp³-hybridized carbons (Fsp3) is 0.150. The fourth-order valence-corrected chi connectivity index (χ4v) is 2.93. The van der Waals surface area contributed by atoms with Crippen LogP contribution in [0.25, 0.3) is 0 Å². The molecule has 0 fully saturated rings. The van der Waals surface area contributed by atoms with Crippen LogP contribution < -0.4 is 10.9 Å². The monoisotopic (exact) mass is 401 g/mol. The number of aryl methyl sites for hydroxylation is 1. The standard InChI is InChI=1S/C20H17Cl2N3O2/c1-13-2-11-19(27)25(24-13)12-18(26)23-20(14-3-7-16(21)8-4-14)15-5-9-17(22)10-6-15/h2-11,20H,12H2,1H3,(H,23,26). The number of carbonyl (C=O) groups is 1. The van der Waals surface area contributed by atoms with Crippen molar-refractivity contribution >= 4 is 29.1 Å². The summed E-state index contributed by atoms with van der Waals surface area (Å²) in [5.41, 5.74) is 2.05. The van der Waals surface area contributed by atoms with Crippen molar-refractivity contribution < 1.29 is 4.79 Å². The van der Waals surface area contributed by atoms with Crippen LogP contribution >= 0.6 is 23.2 Å². The normalized spacial score (nSPS) is 10.8. The molecule has 0 unspecified atom stereocenters. The molecule has 1 N–H and O–H groups in total. The molecule has 0 saturated heterocycles. The summed E-state index contributed by atoms with van der Waals surface area (Å²) in [6.45, 7) is 1.59. The molecule has 0 aliphatic rings. The van der Waals surface area contributed by atoms with E-state index in [1.165, 1.54) is 6.07 Å². The number of halogens is 2. The van der Waals surface area contributed by atoms with E-state index < -0.39 is 6.04 Å². The predicted molar refractivity (Wildman–Crippen MR) is 106 cm³/mol. The van der Waals surface area contributed by atoms with Crippen LogP contribution in [0.4, 0.5) is 0 Å². The molecule has 0 atom stereocenters. The van der Waals surface area contributed by atoms with Crippen molar-refractivity contribution in [3.05, 3.63) is 97.9 Å². The number of rotatable bonds is 5. The summed E-state index contributed by atoms with van der Waals surface area (Å²) in [5.74, 6) is -0.329. The SMILES string of the molecule is Cc1ccc(=O)n(CC(=O)NC(c2ccc(Cl)cc2)c2ccc(Cl)cc2)n1. The second-order valence-electron chi connectivity index (χ2n) is 6.07. The molecule has 0 bridgehead atoms. The van der Waals surface area contributed by atoms with E-state index in [1.54, 1.807) is 37.3 Å². The van der Waals surface area contributed by atoms with Gasteiger partial charge in [0.25, 0.3) is 5.56 Å². The van der Waals surface area contributed by atoms with Gasteiger partial charge in [-0.1, -0.05) is 47.5 Å². The summed E-state index contributed by atoms with van der Waals surface area (Å²) < 4.78 is 1.14. The Morgan fingerprint density at radius 3 is 2.00 bits per heavy atom. The van der Waals surface area contributed by atoms with Crippen molar-refractivity contribution in [2.24, 2.45) is 0 Å². The Bertz CT molecular complexity index is 953. The van der Waals surface area contributed by atoms with E-state index in [1.807, 2.05) is 24.3 Å². The maximum absolute atomic E-state index is 12.6. The van der Waals surface area contributed by atoms with Gasteiger partial charge in [-0.25, -0.2) is 4.68 Å². The highest BCUT2D eigenvalue weighted by atomic mass is 35.5. The number of nitrogens with one attached hydrogen (secondary N) is 1. The van der Waals surface area contributed by atoms with Gasteiger partial charge in [-0.15, -0.1) is 0 Å². The molecule has 0 aliphatic heterocycles. The Morgan fingerprint density at radius 1 is 0.963 bits per heavy atom. The largest absolute Gasteiger partial charge is 0.344 e. The highest BCUT2D eigenvalue weighted by Crippen LogP contribution is 2.25. The van der Waals surface area contributed by atoms with E-state index >= 15 is 0 Å².